The van der Waals surface area contributed by atoms with Crippen molar-refractivity contribution in [2.75, 3.05) is 0 Å². The van der Waals surface area contributed by atoms with Gasteiger partial charge in [0.05, 0.1) is 6.26 Å². The van der Waals surface area contributed by atoms with Gasteiger partial charge < -0.3 is 4.74 Å². The molecule has 0 radical (unpaired) electrons. The highest BCUT2D eigenvalue weighted by atomic mass is 16.5. The van der Waals surface area contributed by atoms with E-state index < -0.39 is 0 Å². The molecule has 0 aromatic heterocycles. The summed E-state index contributed by atoms with van der Waals surface area (Å²) in [7, 11) is 0. The Kier molecular flexibility index (Phi) is 7.28. The van der Waals surface area contributed by atoms with E-state index in [1.54, 1.807) is 0 Å². The largest absolute Gasteiger partial charge is 0.434 e. The predicted molar refractivity (Wildman–Crippen MR) is 97.9 cm³/mol. The van der Waals surface area contributed by atoms with Crippen LogP contribution in [0.5, 0.6) is 0 Å². The van der Waals surface area contributed by atoms with Crippen molar-refractivity contribution in [3.8, 4) is 0 Å². The van der Waals surface area contributed by atoms with Crippen LogP contribution in [0.3, 0.4) is 0 Å². The number of allylic oxidation sites excluding steroid dienone is 9. The lowest BCUT2D eigenvalue weighted by molar-refractivity contribution is -0.135. The van der Waals surface area contributed by atoms with Gasteiger partial charge in [0.25, 0.3) is 0 Å². The highest BCUT2D eigenvalue weighted by Gasteiger charge is 2.26. The highest BCUT2D eigenvalue weighted by molar-refractivity contribution is 5.66. The van der Waals surface area contributed by atoms with Gasteiger partial charge >= 0.3 is 5.97 Å². The van der Waals surface area contributed by atoms with E-state index in [4.69, 9.17) is 4.74 Å². The van der Waals surface area contributed by atoms with Crippen LogP contribution in [0, 0.1) is 5.41 Å². The average molecular weight is 314 g/mol. The first-order valence-electron chi connectivity index (χ1n) is 8.29. The van der Waals surface area contributed by atoms with Gasteiger partial charge in [0, 0.05) is 6.92 Å². The number of hydrogen-bond acceptors (Lipinski definition) is 2. The van der Waals surface area contributed by atoms with Gasteiger partial charge in [-0.05, 0) is 56.6 Å². The molecule has 126 valence electrons. The third kappa shape index (κ3) is 6.85. The Balaban J connectivity index is 2.73. The highest BCUT2D eigenvalue weighted by Crippen LogP contribution is 2.40. The van der Waals surface area contributed by atoms with Gasteiger partial charge in [-0.25, -0.2) is 0 Å². The van der Waals surface area contributed by atoms with Gasteiger partial charge in [-0.1, -0.05) is 55.4 Å². The van der Waals surface area contributed by atoms with E-state index in [1.807, 2.05) is 19.1 Å². The van der Waals surface area contributed by atoms with Crippen LogP contribution in [-0.4, -0.2) is 5.97 Å². The molecular formula is C21H30O2. The van der Waals surface area contributed by atoms with Crippen LogP contribution in [0.2, 0.25) is 0 Å². The Hall–Kier alpha value is -1.83. The number of esters is 1. The maximum atomic E-state index is 10.7. The SMILES string of the molecule is CC(=O)OC=C(C)C=CC=C(C)C=CC1=C(C)CCCC1(C)C. The zero-order valence-corrected chi connectivity index (χ0v) is 15.4. The molecule has 1 aliphatic rings. The maximum Gasteiger partial charge on any atom is 0.307 e. The molecule has 0 N–H and O–H groups in total. The number of carbonyl (C=O) groups excluding carboxylic acids is 1. The molecule has 0 atom stereocenters. The molecule has 0 heterocycles. The van der Waals surface area contributed by atoms with E-state index in [9.17, 15) is 4.79 Å². The molecule has 1 rings (SSSR count). The fourth-order valence-electron chi connectivity index (χ4n) is 2.85. The second kappa shape index (κ2) is 8.71. The smallest absolute Gasteiger partial charge is 0.307 e. The topological polar surface area (TPSA) is 26.3 Å². The van der Waals surface area contributed by atoms with Crippen molar-refractivity contribution in [2.45, 2.75) is 60.8 Å². The maximum absolute atomic E-state index is 10.7. The molecule has 0 aromatic rings. The summed E-state index contributed by atoms with van der Waals surface area (Å²) in [5, 5.41) is 0. The minimum atomic E-state index is -0.300. The van der Waals surface area contributed by atoms with Crippen molar-refractivity contribution in [2.24, 2.45) is 5.41 Å². The van der Waals surface area contributed by atoms with Crippen LogP contribution in [0.4, 0.5) is 0 Å². The van der Waals surface area contributed by atoms with E-state index in [1.165, 1.54) is 49.2 Å². The molecule has 23 heavy (non-hydrogen) atoms. The summed E-state index contributed by atoms with van der Waals surface area (Å²) in [6.07, 6.45) is 15.7. The third-order valence-electron chi connectivity index (χ3n) is 4.18. The summed E-state index contributed by atoms with van der Waals surface area (Å²) in [6.45, 7) is 12.3. The van der Waals surface area contributed by atoms with E-state index in [0.29, 0.717) is 0 Å². The number of rotatable bonds is 5. The Morgan fingerprint density at radius 1 is 1.13 bits per heavy atom. The van der Waals surface area contributed by atoms with Crippen molar-refractivity contribution in [3.63, 3.8) is 0 Å². The average Bonchev–Trinajstić information content (AvgIpc) is 2.44. The molecule has 0 aromatic carbocycles. The fraction of sp³-hybridized carbons (Fsp3) is 0.476. The Morgan fingerprint density at radius 3 is 2.43 bits per heavy atom. The van der Waals surface area contributed by atoms with Crippen LogP contribution in [-0.2, 0) is 9.53 Å². The summed E-state index contributed by atoms with van der Waals surface area (Å²) >= 11 is 0. The van der Waals surface area contributed by atoms with Crippen LogP contribution in [0.15, 0.2) is 58.9 Å². The molecule has 0 aliphatic heterocycles. The molecule has 0 saturated heterocycles. The first-order chi connectivity index (χ1) is 10.7. The molecule has 1 aliphatic carbocycles. The molecule has 0 amide bonds. The van der Waals surface area contributed by atoms with Crippen molar-refractivity contribution in [3.05, 3.63) is 58.9 Å². The Morgan fingerprint density at radius 2 is 1.83 bits per heavy atom. The lowest BCUT2D eigenvalue weighted by Gasteiger charge is -2.32. The van der Waals surface area contributed by atoms with Crippen molar-refractivity contribution >= 4 is 5.97 Å². The molecule has 2 nitrogen and oxygen atoms in total. The Labute approximate surface area is 141 Å². The molecule has 2 heteroatoms. The van der Waals surface area contributed by atoms with Gasteiger partial charge in [0.15, 0.2) is 0 Å². The van der Waals surface area contributed by atoms with Crippen molar-refractivity contribution < 1.29 is 9.53 Å². The van der Waals surface area contributed by atoms with Gasteiger partial charge in [0.1, 0.15) is 0 Å². The summed E-state index contributed by atoms with van der Waals surface area (Å²) in [6, 6.07) is 0. The minimum absolute atomic E-state index is 0.276. The van der Waals surface area contributed by atoms with Crippen molar-refractivity contribution in [1.29, 1.82) is 0 Å². The first kappa shape index (κ1) is 19.2. The molecule has 0 bridgehead atoms. The van der Waals surface area contributed by atoms with Gasteiger partial charge in [-0.2, -0.15) is 0 Å². The molecular weight excluding hydrogens is 284 g/mol. The van der Waals surface area contributed by atoms with Crippen LogP contribution in [0.25, 0.3) is 0 Å². The van der Waals surface area contributed by atoms with Crippen molar-refractivity contribution in [1.82, 2.24) is 0 Å². The zero-order chi connectivity index (χ0) is 17.5. The second-order valence-corrected chi connectivity index (χ2v) is 7.01. The third-order valence-corrected chi connectivity index (χ3v) is 4.18. The molecule has 0 saturated carbocycles. The summed E-state index contributed by atoms with van der Waals surface area (Å²) in [4.78, 5) is 10.7. The van der Waals surface area contributed by atoms with Crippen LogP contribution >= 0.6 is 0 Å². The van der Waals surface area contributed by atoms with Crippen LogP contribution < -0.4 is 0 Å². The first-order valence-corrected chi connectivity index (χ1v) is 8.29. The quantitative estimate of drug-likeness (QED) is 0.351. The standard InChI is InChI=1S/C21H30O2/c1-16(9-7-10-17(2)15-23-19(4)22)12-13-20-18(3)11-8-14-21(20,5)6/h7,9-10,12-13,15H,8,11,14H2,1-6H3. The normalized spacial score (nSPS) is 19.7. The van der Waals surface area contributed by atoms with Gasteiger partial charge in [-0.15, -0.1) is 0 Å². The Bertz CT molecular complexity index is 581. The van der Waals surface area contributed by atoms with E-state index in [2.05, 4.69) is 45.9 Å². The zero-order valence-electron chi connectivity index (χ0n) is 15.4. The lowest BCUT2D eigenvalue weighted by Crippen LogP contribution is -2.19. The molecule has 0 unspecified atom stereocenters. The monoisotopic (exact) mass is 314 g/mol. The summed E-state index contributed by atoms with van der Waals surface area (Å²) in [5.74, 6) is -0.300. The number of ether oxygens (including phenoxy) is 1. The van der Waals surface area contributed by atoms with Gasteiger partial charge in [-0.3, -0.25) is 4.79 Å². The molecule has 0 fully saturated rings. The number of hydrogen-bond donors (Lipinski definition) is 0. The van der Waals surface area contributed by atoms with Crippen LogP contribution in [0.1, 0.15) is 60.8 Å². The summed E-state index contributed by atoms with van der Waals surface area (Å²) in [5.41, 5.74) is 5.37. The summed E-state index contributed by atoms with van der Waals surface area (Å²) < 4.78 is 4.83. The van der Waals surface area contributed by atoms with E-state index in [0.717, 1.165) is 5.57 Å². The molecule has 0 spiro atoms. The van der Waals surface area contributed by atoms with E-state index in [-0.39, 0.29) is 11.4 Å². The second-order valence-electron chi connectivity index (χ2n) is 7.01. The van der Waals surface area contributed by atoms with Gasteiger partial charge in [0.2, 0.25) is 0 Å². The van der Waals surface area contributed by atoms with E-state index >= 15 is 0 Å². The minimum Gasteiger partial charge on any atom is -0.434 e. The fourth-order valence-corrected chi connectivity index (χ4v) is 2.85. The lowest BCUT2D eigenvalue weighted by atomic mass is 9.72. The number of carbonyl (C=O) groups is 1. The predicted octanol–water partition coefficient (Wildman–Crippen LogP) is 6.04.